The molecule has 0 unspecified atom stereocenters. The van der Waals surface area contributed by atoms with E-state index in [-0.39, 0.29) is 18.5 Å². The number of hydrogen-bond acceptors (Lipinski definition) is 6. The van der Waals surface area contributed by atoms with Crippen molar-refractivity contribution >= 4 is 39.0 Å². The van der Waals surface area contributed by atoms with Gasteiger partial charge >= 0.3 is 6.03 Å². The van der Waals surface area contributed by atoms with Gasteiger partial charge < -0.3 is 16.0 Å². The maximum absolute atomic E-state index is 12.2. The first-order valence-electron chi connectivity index (χ1n) is 11.9. The molecule has 184 valence electrons. The van der Waals surface area contributed by atoms with Crippen molar-refractivity contribution < 1.29 is 4.79 Å². The molecule has 4 N–H and O–H groups in total. The van der Waals surface area contributed by atoms with Crippen molar-refractivity contribution in [2.45, 2.75) is 38.5 Å². The Bertz CT molecular complexity index is 1220. The Morgan fingerprint density at radius 1 is 1.31 bits per heavy atom. The number of carbonyl (C=O) groups excluding carboxylic acids is 1. The molecule has 9 nitrogen and oxygen atoms in total. The van der Waals surface area contributed by atoms with Gasteiger partial charge in [0.1, 0.15) is 5.82 Å². The zero-order chi connectivity index (χ0) is 24.8. The summed E-state index contributed by atoms with van der Waals surface area (Å²) in [6.07, 6.45) is 7.22. The molecule has 0 radical (unpaired) electrons. The lowest BCUT2D eigenvalue weighted by Gasteiger charge is -2.32. The Kier molecular flexibility index (Phi) is 8.12. The number of nitrogen functional groups attached to an aromatic ring is 1. The summed E-state index contributed by atoms with van der Waals surface area (Å²) in [5.41, 5.74) is 18.5. The van der Waals surface area contributed by atoms with Crippen molar-refractivity contribution in [3.05, 3.63) is 63.9 Å². The summed E-state index contributed by atoms with van der Waals surface area (Å²) in [5.74, 6) is 0.672. The van der Waals surface area contributed by atoms with E-state index < -0.39 is 0 Å². The van der Waals surface area contributed by atoms with Crippen LogP contribution in [-0.2, 0) is 6.42 Å². The van der Waals surface area contributed by atoms with Crippen molar-refractivity contribution in [1.82, 2.24) is 24.8 Å². The molecule has 3 aromatic rings. The highest BCUT2D eigenvalue weighted by molar-refractivity contribution is 9.10. The van der Waals surface area contributed by atoms with Crippen LogP contribution >= 0.6 is 15.9 Å². The Morgan fingerprint density at radius 2 is 2.06 bits per heavy atom. The maximum atomic E-state index is 12.2. The van der Waals surface area contributed by atoms with E-state index >= 15 is 0 Å². The highest BCUT2D eigenvalue weighted by Gasteiger charge is 2.28. The number of nitrogens with two attached hydrogens (primary N) is 1. The average molecular weight is 539 g/mol. The van der Waals surface area contributed by atoms with Crippen molar-refractivity contribution in [2.75, 3.05) is 31.9 Å². The fourth-order valence-corrected chi connectivity index (χ4v) is 5.11. The summed E-state index contributed by atoms with van der Waals surface area (Å²) in [5, 5.41) is 11.0. The van der Waals surface area contributed by atoms with Crippen molar-refractivity contribution in [3.63, 3.8) is 0 Å². The number of hydrogen-bond donors (Lipinski definition) is 3. The number of halogens is 1. The number of rotatable bonds is 8. The molecule has 0 bridgehead atoms. The Hall–Kier alpha value is -3.27. The van der Waals surface area contributed by atoms with E-state index in [1.54, 1.807) is 10.7 Å². The molecule has 0 atom stereocenters. The number of fused-ring (bicyclic) bond motifs is 1. The Labute approximate surface area is 213 Å². The zero-order valence-corrected chi connectivity index (χ0v) is 21.5. The molecule has 2 amide bonds. The van der Waals surface area contributed by atoms with Gasteiger partial charge in [-0.2, -0.15) is 14.7 Å². The standard InChI is InChI=1S/C25H31BrN8O/c1-2-29-25(35)33-13-11-18(12-14-33)22-21(26)23(27)34-24(32-22)20(16-31-34)19(15-30-28)10-6-9-17-7-4-3-5-8-17/h3-5,7-8,10,16,18,28H,2,6,9,11-15,27H2,1H3,(H,29,35)/b19-10+,30-28?. The quantitative estimate of drug-likeness (QED) is 0.347. The van der Waals surface area contributed by atoms with Gasteiger partial charge in [-0.3, -0.25) is 0 Å². The fourth-order valence-electron chi connectivity index (χ4n) is 4.53. The number of urea groups is 1. The number of aromatic nitrogens is 3. The van der Waals surface area contributed by atoms with Crippen LogP contribution in [0, 0.1) is 5.53 Å². The van der Waals surface area contributed by atoms with Crippen LogP contribution in [0.3, 0.4) is 0 Å². The summed E-state index contributed by atoms with van der Waals surface area (Å²) in [6, 6.07) is 10.3. The first-order chi connectivity index (χ1) is 17.0. The van der Waals surface area contributed by atoms with E-state index in [0.717, 1.165) is 47.0 Å². The highest BCUT2D eigenvalue weighted by Crippen LogP contribution is 2.36. The predicted octanol–water partition coefficient (Wildman–Crippen LogP) is 5.03. The molecule has 10 heteroatoms. The van der Waals surface area contributed by atoms with E-state index in [1.165, 1.54) is 5.56 Å². The molecule has 0 spiro atoms. The number of piperidine rings is 1. The third kappa shape index (κ3) is 5.53. The smallest absolute Gasteiger partial charge is 0.317 e. The summed E-state index contributed by atoms with van der Waals surface area (Å²) in [6.45, 7) is 4.14. The fraction of sp³-hybridized carbons (Fsp3) is 0.400. The Balaban J connectivity index is 1.60. The van der Waals surface area contributed by atoms with Crippen molar-refractivity contribution in [1.29, 1.82) is 5.53 Å². The lowest BCUT2D eigenvalue weighted by molar-refractivity contribution is 0.181. The van der Waals surface area contributed by atoms with Gasteiger partial charge in [0, 0.05) is 31.1 Å². The van der Waals surface area contributed by atoms with Gasteiger partial charge in [-0.25, -0.2) is 15.3 Å². The second-order valence-corrected chi connectivity index (χ2v) is 9.45. The average Bonchev–Trinajstić information content (AvgIpc) is 3.30. The molecule has 1 saturated heterocycles. The second kappa shape index (κ2) is 11.4. The van der Waals surface area contributed by atoms with Gasteiger partial charge in [-0.1, -0.05) is 36.4 Å². The van der Waals surface area contributed by atoms with Crippen molar-refractivity contribution in [2.24, 2.45) is 5.11 Å². The van der Waals surface area contributed by atoms with Gasteiger partial charge in [-0.15, -0.1) is 0 Å². The number of likely N-dealkylation sites (tertiary alicyclic amines) is 1. The van der Waals surface area contributed by atoms with Gasteiger partial charge in [0.2, 0.25) is 0 Å². The summed E-state index contributed by atoms with van der Waals surface area (Å²) >= 11 is 3.65. The number of allylic oxidation sites excluding steroid dienone is 1. The Morgan fingerprint density at radius 3 is 2.74 bits per heavy atom. The molecule has 35 heavy (non-hydrogen) atoms. The monoisotopic (exact) mass is 538 g/mol. The van der Waals surface area contributed by atoms with Crippen LogP contribution < -0.4 is 11.1 Å². The molecule has 0 aliphatic carbocycles. The number of amides is 2. The SMILES string of the molecule is CCNC(=O)N1CCC(c2nc3c(/C(=C/CCc4ccccc4)CN=N)cnn3c(N)c2Br)CC1. The molecule has 4 rings (SSSR count). The summed E-state index contributed by atoms with van der Waals surface area (Å²) < 4.78 is 2.39. The molecule has 2 aromatic heterocycles. The third-order valence-electron chi connectivity index (χ3n) is 6.41. The summed E-state index contributed by atoms with van der Waals surface area (Å²) in [7, 11) is 0. The number of anilines is 1. The maximum Gasteiger partial charge on any atom is 0.317 e. The minimum Gasteiger partial charge on any atom is -0.383 e. The lowest BCUT2D eigenvalue weighted by Crippen LogP contribution is -2.44. The predicted molar refractivity (Wildman–Crippen MR) is 140 cm³/mol. The van der Waals surface area contributed by atoms with Crippen molar-refractivity contribution in [3.8, 4) is 0 Å². The largest absolute Gasteiger partial charge is 0.383 e. The first kappa shape index (κ1) is 24.8. The van der Waals surface area contributed by atoms with E-state index in [0.29, 0.717) is 31.1 Å². The third-order valence-corrected chi connectivity index (χ3v) is 7.22. The lowest BCUT2D eigenvalue weighted by atomic mass is 9.93. The van der Waals surface area contributed by atoms with Crippen LogP contribution in [0.1, 0.15) is 48.9 Å². The van der Waals surface area contributed by atoms with Gasteiger partial charge in [0.15, 0.2) is 5.65 Å². The van der Waals surface area contributed by atoms with E-state index in [2.05, 4.69) is 49.7 Å². The second-order valence-electron chi connectivity index (χ2n) is 8.66. The number of carbonyl (C=O) groups is 1. The number of nitrogens with one attached hydrogen (secondary N) is 2. The molecule has 3 heterocycles. The molecule has 1 aliphatic rings. The number of nitrogens with zero attached hydrogens (tertiary/aromatic N) is 5. The number of benzene rings is 1. The zero-order valence-electron chi connectivity index (χ0n) is 19.9. The van der Waals surface area contributed by atoms with Crippen LogP contribution in [0.5, 0.6) is 0 Å². The minimum absolute atomic E-state index is 0.0181. The molecule has 1 aliphatic heterocycles. The van der Waals surface area contributed by atoms with E-state index in [9.17, 15) is 4.79 Å². The molecule has 1 aromatic carbocycles. The normalized spacial score (nSPS) is 14.9. The highest BCUT2D eigenvalue weighted by atomic mass is 79.9. The molecule has 0 saturated carbocycles. The van der Waals surface area contributed by atoms with Crippen LogP contribution in [0.25, 0.3) is 11.2 Å². The topological polar surface area (TPSA) is 125 Å². The summed E-state index contributed by atoms with van der Waals surface area (Å²) in [4.78, 5) is 19.0. The van der Waals surface area contributed by atoms with Crippen LogP contribution in [0.2, 0.25) is 0 Å². The van der Waals surface area contributed by atoms with Crippen LogP contribution in [0.15, 0.2) is 52.2 Å². The van der Waals surface area contributed by atoms with E-state index in [1.807, 2.05) is 30.0 Å². The molecular formula is C25H31BrN8O. The van der Waals surface area contributed by atoms with Crippen LogP contribution in [-0.4, -0.2) is 51.7 Å². The van der Waals surface area contributed by atoms with Gasteiger partial charge in [0.25, 0.3) is 0 Å². The van der Waals surface area contributed by atoms with E-state index in [4.69, 9.17) is 16.2 Å². The van der Waals surface area contributed by atoms with Gasteiger partial charge in [0.05, 0.1) is 22.9 Å². The molecule has 1 fully saturated rings. The van der Waals surface area contributed by atoms with Gasteiger partial charge in [-0.05, 0) is 59.7 Å². The first-order valence-corrected chi connectivity index (χ1v) is 12.7. The minimum atomic E-state index is -0.0181. The number of aryl methyl sites for hydroxylation is 1. The molecular weight excluding hydrogens is 508 g/mol. The van der Waals surface area contributed by atoms with Crippen LogP contribution in [0.4, 0.5) is 10.6 Å².